The number of nitrogens with one attached hydrogen (secondary N) is 1. The summed E-state index contributed by atoms with van der Waals surface area (Å²) in [6, 6.07) is 4.88. The first kappa shape index (κ1) is 24.8. The number of hydrogen-bond donors (Lipinski definition) is 1. The summed E-state index contributed by atoms with van der Waals surface area (Å²) in [6.45, 7) is 6.05. The van der Waals surface area contributed by atoms with Gasteiger partial charge < -0.3 is 14.6 Å². The number of aryl methyl sites for hydroxylation is 3. The molecule has 0 aliphatic rings. The number of thiazole rings is 1. The first-order valence-corrected chi connectivity index (χ1v) is 12.7. The van der Waals surface area contributed by atoms with Crippen LogP contribution >= 0.6 is 11.3 Å². The van der Waals surface area contributed by atoms with Gasteiger partial charge in [-0.3, -0.25) is 4.79 Å². The number of esters is 1. The Kier molecular flexibility index (Phi) is 7.50. The lowest BCUT2D eigenvalue weighted by Crippen LogP contribution is -2.30. The third-order valence-corrected chi connectivity index (χ3v) is 8.38. The number of carbonyl (C=O) groups is 2. The summed E-state index contributed by atoms with van der Waals surface area (Å²) in [4.78, 5) is 33.4. The Hall–Kier alpha value is -2.83. The normalized spacial score (nSPS) is 11.8. The molecule has 2 heterocycles. The Bertz CT molecular complexity index is 1290. The number of imidazole rings is 1. The van der Waals surface area contributed by atoms with E-state index in [0.29, 0.717) is 46.6 Å². The van der Waals surface area contributed by atoms with Crippen LogP contribution < -0.4 is 5.32 Å². The summed E-state index contributed by atoms with van der Waals surface area (Å²) >= 11 is 1.06. The molecule has 3 aromatic rings. The van der Waals surface area contributed by atoms with E-state index in [2.05, 4.69) is 15.3 Å². The summed E-state index contributed by atoms with van der Waals surface area (Å²) in [7, 11) is -0.467. The van der Waals surface area contributed by atoms with E-state index in [0.717, 1.165) is 16.9 Å². The Morgan fingerprint density at radius 3 is 2.55 bits per heavy atom. The van der Waals surface area contributed by atoms with Crippen LogP contribution in [0.5, 0.6) is 0 Å². The average molecular weight is 494 g/mol. The van der Waals surface area contributed by atoms with E-state index < -0.39 is 16.0 Å². The van der Waals surface area contributed by atoms with Crippen LogP contribution in [-0.2, 0) is 33.0 Å². The monoisotopic (exact) mass is 493 g/mol. The van der Waals surface area contributed by atoms with Crippen molar-refractivity contribution < 1.29 is 22.7 Å². The van der Waals surface area contributed by atoms with Crippen molar-refractivity contribution in [3.63, 3.8) is 0 Å². The number of sulfonamides is 1. The number of nitrogens with zero attached hydrogens (tertiary/aromatic N) is 4. The number of amides is 1. The molecule has 1 aromatic carbocycles. The van der Waals surface area contributed by atoms with Gasteiger partial charge in [-0.1, -0.05) is 25.2 Å². The fraction of sp³-hybridized carbons (Fsp3) is 0.429. The van der Waals surface area contributed by atoms with Gasteiger partial charge >= 0.3 is 5.97 Å². The predicted molar refractivity (Wildman–Crippen MR) is 126 cm³/mol. The van der Waals surface area contributed by atoms with Gasteiger partial charge in [0.05, 0.1) is 28.7 Å². The van der Waals surface area contributed by atoms with Gasteiger partial charge in [-0.2, -0.15) is 4.31 Å². The maximum Gasteiger partial charge on any atom is 0.350 e. The van der Waals surface area contributed by atoms with Crippen LogP contribution in [0.3, 0.4) is 0 Å². The maximum absolute atomic E-state index is 12.8. The molecule has 0 spiro atoms. The highest BCUT2D eigenvalue weighted by atomic mass is 32.2. The van der Waals surface area contributed by atoms with Crippen molar-refractivity contribution in [3.8, 4) is 0 Å². The molecule has 12 heteroatoms. The van der Waals surface area contributed by atoms with Crippen LogP contribution in [0.15, 0.2) is 23.1 Å². The highest BCUT2D eigenvalue weighted by Gasteiger charge is 2.23. The summed E-state index contributed by atoms with van der Waals surface area (Å²) in [5, 5.41) is 3.03. The molecule has 0 atom stereocenters. The molecule has 33 heavy (non-hydrogen) atoms. The lowest BCUT2D eigenvalue weighted by Gasteiger charge is -2.18. The van der Waals surface area contributed by atoms with Crippen LogP contribution in [0.25, 0.3) is 11.0 Å². The number of anilines is 1. The van der Waals surface area contributed by atoms with Gasteiger partial charge in [0.15, 0.2) is 5.13 Å². The zero-order valence-electron chi connectivity index (χ0n) is 19.2. The number of aromatic nitrogens is 3. The van der Waals surface area contributed by atoms with E-state index in [1.807, 2.05) is 11.6 Å². The van der Waals surface area contributed by atoms with E-state index in [9.17, 15) is 18.0 Å². The van der Waals surface area contributed by atoms with Gasteiger partial charge in [-0.05, 0) is 25.1 Å². The average Bonchev–Trinajstić information content (AvgIpc) is 3.31. The van der Waals surface area contributed by atoms with Crippen LogP contribution in [-0.4, -0.2) is 59.3 Å². The molecular weight excluding hydrogens is 466 g/mol. The third-order valence-electron chi connectivity index (χ3n) is 5.28. The molecule has 0 radical (unpaired) electrons. The standard InChI is InChI=1S/C21H27N5O5S2/c1-6-26(7-2)33(29,30)14-8-9-16-15(12-14)23-17(25(16)4)10-11-18(27)24-21-22-13(3)19(32-21)20(28)31-5/h8-9,12H,6-7,10-11H2,1-5H3,(H,22,24,27). The van der Waals surface area contributed by atoms with E-state index in [1.165, 1.54) is 11.4 Å². The van der Waals surface area contributed by atoms with Crippen LogP contribution in [0.1, 0.15) is 41.5 Å². The van der Waals surface area contributed by atoms with E-state index in [-0.39, 0.29) is 17.2 Å². The maximum atomic E-state index is 12.8. The third kappa shape index (κ3) is 5.07. The molecule has 0 fully saturated rings. The summed E-state index contributed by atoms with van der Waals surface area (Å²) in [5.41, 5.74) is 1.83. The Morgan fingerprint density at radius 2 is 1.91 bits per heavy atom. The highest BCUT2D eigenvalue weighted by Crippen LogP contribution is 2.25. The molecule has 0 bridgehead atoms. The quantitative estimate of drug-likeness (QED) is 0.455. The first-order chi connectivity index (χ1) is 15.6. The lowest BCUT2D eigenvalue weighted by molar-refractivity contribution is -0.116. The van der Waals surface area contributed by atoms with Gasteiger partial charge in [0.25, 0.3) is 0 Å². The number of rotatable bonds is 9. The molecule has 0 aliphatic heterocycles. The summed E-state index contributed by atoms with van der Waals surface area (Å²) in [6.07, 6.45) is 0.497. The first-order valence-electron chi connectivity index (χ1n) is 10.4. The van der Waals surface area contributed by atoms with Gasteiger partial charge in [0, 0.05) is 33.0 Å². The lowest BCUT2D eigenvalue weighted by atomic mass is 10.3. The number of methoxy groups -OCH3 is 1. The highest BCUT2D eigenvalue weighted by molar-refractivity contribution is 7.89. The number of fused-ring (bicyclic) bond motifs is 1. The molecule has 0 unspecified atom stereocenters. The molecule has 178 valence electrons. The minimum absolute atomic E-state index is 0.147. The molecule has 1 amide bonds. The van der Waals surface area contributed by atoms with Crippen molar-refractivity contribution in [3.05, 3.63) is 34.6 Å². The minimum Gasteiger partial charge on any atom is -0.465 e. The Labute approximate surface area is 196 Å². The molecule has 2 aromatic heterocycles. The number of hydrogen-bond acceptors (Lipinski definition) is 8. The topological polar surface area (TPSA) is 123 Å². The van der Waals surface area contributed by atoms with E-state index in [1.54, 1.807) is 39.0 Å². The predicted octanol–water partition coefficient (Wildman–Crippen LogP) is 2.73. The largest absolute Gasteiger partial charge is 0.465 e. The van der Waals surface area contributed by atoms with Crippen LogP contribution in [0, 0.1) is 6.92 Å². The molecule has 10 nitrogen and oxygen atoms in total. The van der Waals surface area contributed by atoms with E-state index in [4.69, 9.17) is 4.74 Å². The Balaban J connectivity index is 1.74. The fourth-order valence-corrected chi connectivity index (χ4v) is 5.84. The minimum atomic E-state index is -3.59. The van der Waals surface area contributed by atoms with Crippen molar-refractivity contribution >= 4 is 49.4 Å². The van der Waals surface area contributed by atoms with Crippen molar-refractivity contribution in [2.45, 2.75) is 38.5 Å². The van der Waals surface area contributed by atoms with Gasteiger partial charge in [0.1, 0.15) is 10.7 Å². The molecule has 0 saturated carbocycles. The van der Waals surface area contributed by atoms with Crippen molar-refractivity contribution in [1.29, 1.82) is 0 Å². The van der Waals surface area contributed by atoms with Crippen molar-refractivity contribution in [2.75, 3.05) is 25.5 Å². The summed E-state index contributed by atoms with van der Waals surface area (Å²) in [5.74, 6) is -0.104. The summed E-state index contributed by atoms with van der Waals surface area (Å²) < 4.78 is 33.6. The zero-order chi connectivity index (χ0) is 24.3. The number of carbonyl (C=O) groups excluding carboxylic acids is 2. The second kappa shape index (κ2) is 9.98. The Morgan fingerprint density at radius 1 is 1.21 bits per heavy atom. The molecule has 3 rings (SSSR count). The second-order valence-corrected chi connectivity index (χ2v) is 10.2. The number of ether oxygens (including phenoxy) is 1. The van der Waals surface area contributed by atoms with E-state index >= 15 is 0 Å². The number of benzene rings is 1. The molecule has 0 saturated heterocycles. The molecule has 1 N–H and O–H groups in total. The molecular formula is C21H27N5O5S2. The second-order valence-electron chi connectivity index (χ2n) is 7.30. The van der Waals surface area contributed by atoms with Crippen molar-refractivity contribution in [2.24, 2.45) is 7.05 Å². The zero-order valence-corrected chi connectivity index (χ0v) is 20.8. The van der Waals surface area contributed by atoms with Crippen molar-refractivity contribution in [1.82, 2.24) is 18.8 Å². The molecule has 0 aliphatic carbocycles. The SMILES string of the molecule is CCN(CC)S(=O)(=O)c1ccc2c(c1)nc(CCC(=O)Nc1nc(C)c(C(=O)OC)s1)n2C. The fourth-order valence-electron chi connectivity index (χ4n) is 3.47. The van der Waals surface area contributed by atoms with Crippen LogP contribution in [0.2, 0.25) is 0 Å². The smallest absolute Gasteiger partial charge is 0.350 e. The van der Waals surface area contributed by atoms with Crippen LogP contribution in [0.4, 0.5) is 5.13 Å². The van der Waals surface area contributed by atoms with Gasteiger partial charge in [0.2, 0.25) is 15.9 Å². The van der Waals surface area contributed by atoms with Gasteiger partial charge in [-0.15, -0.1) is 0 Å². The van der Waals surface area contributed by atoms with Gasteiger partial charge in [-0.25, -0.2) is 23.2 Å².